The highest BCUT2D eigenvalue weighted by Crippen LogP contribution is 2.34. The largest absolute Gasteiger partial charge is 0.384 e. The predicted octanol–water partition coefficient (Wildman–Crippen LogP) is 2.65. The van der Waals surface area contributed by atoms with Crippen LogP contribution in [0.15, 0.2) is 35.5 Å². The molecule has 0 aromatic carbocycles. The molecule has 0 amide bonds. The molecule has 2 aliphatic rings. The van der Waals surface area contributed by atoms with E-state index in [1.54, 1.807) is 20.0 Å². The number of nitrogens with one attached hydrogen (secondary N) is 1. The fraction of sp³-hybridized carbons (Fsp3) is 0.450. The molecule has 6 heteroatoms. The maximum absolute atomic E-state index is 10.1. The fourth-order valence-corrected chi connectivity index (χ4v) is 3.58. The molecule has 0 saturated carbocycles. The van der Waals surface area contributed by atoms with Crippen molar-refractivity contribution in [2.75, 3.05) is 24.5 Å². The molecule has 6 nitrogen and oxygen atoms in total. The zero-order valence-electron chi connectivity index (χ0n) is 15.3. The van der Waals surface area contributed by atoms with E-state index in [-0.39, 0.29) is 0 Å². The average Bonchev–Trinajstić information content (AvgIpc) is 2.67. The Hall–Kier alpha value is -2.31. The van der Waals surface area contributed by atoms with Crippen LogP contribution in [-0.2, 0) is 5.60 Å². The molecule has 4 rings (SSSR count). The van der Waals surface area contributed by atoms with Crippen LogP contribution >= 0.6 is 0 Å². The Morgan fingerprint density at radius 3 is 2.65 bits per heavy atom. The van der Waals surface area contributed by atoms with E-state index in [1.807, 2.05) is 30.5 Å². The fourth-order valence-electron chi connectivity index (χ4n) is 3.58. The van der Waals surface area contributed by atoms with Crippen LogP contribution < -0.4 is 10.2 Å². The van der Waals surface area contributed by atoms with Gasteiger partial charge in [0.25, 0.3) is 0 Å². The minimum atomic E-state index is -0.942. The summed E-state index contributed by atoms with van der Waals surface area (Å²) >= 11 is 0. The van der Waals surface area contributed by atoms with Gasteiger partial charge in [-0.1, -0.05) is 0 Å². The van der Waals surface area contributed by atoms with Crippen molar-refractivity contribution in [3.63, 3.8) is 0 Å². The molecule has 2 aliphatic heterocycles. The zero-order valence-corrected chi connectivity index (χ0v) is 15.3. The SMILES string of the molecule is CC(C)(O)c1ccc(-c2ccc3c(n2)N(C2CCNCC2)CC=N3)cn1. The molecule has 2 aromatic heterocycles. The third kappa shape index (κ3) is 3.34. The molecule has 0 radical (unpaired) electrons. The first-order valence-corrected chi connectivity index (χ1v) is 9.22. The van der Waals surface area contributed by atoms with Gasteiger partial charge in [0.05, 0.1) is 17.9 Å². The molecule has 1 saturated heterocycles. The summed E-state index contributed by atoms with van der Waals surface area (Å²) in [6.45, 7) is 6.39. The van der Waals surface area contributed by atoms with Crippen LogP contribution in [0.4, 0.5) is 11.5 Å². The quantitative estimate of drug-likeness (QED) is 0.889. The van der Waals surface area contributed by atoms with Gasteiger partial charge in [0.2, 0.25) is 0 Å². The molecule has 2 N–H and O–H groups in total. The van der Waals surface area contributed by atoms with Crippen molar-refractivity contribution in [2.24, 2.45) is 4.99 Å². The van der Waals surface area contributed by atoms with Crippen molar-refractivity contribution in [3.05, 3.63) is 36.2 Å². The van der Waals surface area contributed by atoms with Gasteiger partial charge in [-0.05, 0) is 64.0 Å². The first-order valence-electron chi connectivity index (χ1n) is 9.22. The highest BCUT2D eigenvalue weighted by atomic mass is 16.3. The van der Waals surface area contributed by atoms with Gasteiger partial charge >= 0.3 is 0 Å². The highest BCUT2D eigenvalue weighted by molar-refractivity contribution is 5.81. The summed E-state index contributed by atoms with van der Waals surface area (Å²) < 4.78 is 0. The number of pyridine rings is 2. The lowest BCUT2D eigenvalue weighted by molar-refractivity contribution is 0.0739. The Labute approximate surface area is 154 Å². The predicted molar refractivity (Wildman–Crippen MR) is 104 cm³/mol. The van der Waals surface area contributed by atoms with Gasteiger partial charge in [-0.3, -0.25) is 9.98 Å². The molecule has 0 atom stereocenters. The maximum Gasteiger partial charge on any atom is 0.155 e. The number of aliphatic imine (C=N–C) groups is 1. The van der Waals surface area contributed by atoms with E-state index in [0.717, 1.165) is 55.2 Å². The number of nitrogens with zero attached hydrogens (tertiary/aromatic N) is 4. The number of aliphatic hydroxyl groups is 1. The van der Waals surface area contributed by atoms with Gasteiger partial charge in [-0.15, -0.1) is 0 Å². The molecule has 0 unspecified atom stereocenters. The van der Waals surface area contributed by atoms with Crippen LogP contribution in [0.25, 0.3) is 11.3 Å². The van der Waals surface area contributed by atoms with E-state index < -0.39 is 5.60 Å². The van der Waals surface area contributed by atoms with Crippen LogP contribution in [0.1, 0.15) is 32.4 Å². The van der Waals surface area contributed by atoms with Crippen molar-refractivity contribution < 1.29 is 5.11 Å². The number of hydrogen-bond donors (Lipinski definition) is 2. The van der Waals surface area contributed by atoms with Crippen molar-refractivity contribution >= 4 is 17.7 Å². The van der Waals surface area contributed by atoms with Crippen molar-refractivity contribution in [1.82, 2.24) is 15.3 Å². The maximum atomic E-state index is 10.1. The summed E-state index contributed by atoms with van der Waals surface area (Å²) in [5.74, 6) is 0.962. The van der Waals surface area contributed by atoms with E-state index in [4.69, 9.17) is 4.98 Å². The van der Waals surface area contributed by atoms with E-state index in [1.165, 1.54) is 0 Å². The second kappa shape index (κ2) is 6.78. The number of rotatable bonds is 3. The van der Waals surface area contributed by atoms with Crippen LogP contribution in [0, 0.1) is 0 Å². The van der Waals surface area contributed by atoms with Gasteiger partial charge in [0.15, 0.2) is 5.82 Å². The van der Waals surface area contributed by atoms with E-state index in [0.29, 0.717) is 11.7 Å². The van der Waals surface area contributed by atoms with Crippen molar-refractivity contribution in [2.45, 2.75) is 38.3 Å². The van der Waals surface area contributed by atoms with Gasteiger partial charge in [-0.25, -0.2) is 4.98 Å². The van der Waals surface area contributed by atoms with Crippen LogP contribution in [-0.4, -0.2) is 47.0 Å². The Kier molecular flexibility index (Phi) is 4.46. The van der Waals surface area contributed by atoms with Crippen LogP contribution in [0.2, 0.25) is 0 Å². The van der Waals surface area contributed by atoms with Gasteiger partial charge in [-0.2, -0.15) is 0 Å². The number of aromatic nitrogens is 2. The number of hydrogen-bond acceptors (Lipinski definition) is 6. The van der Waals surface area contributed by atoms with Gasteiger partial charge < -0.3 is 15.3 Å². The normalized spacial score (nSPS) is 18.0. The first-order chi connectivity index (χ1) is 12.5. The monoisotopic (exact) mass is 351 g/mol. The second-order valence-corrected chi connectivity index (χ2v) is 7.48. The summed E-state index contributed by atoms with van der Waals surface area (Å²) in [5.41, 5.74) is 2.47. The standard InChI is InChI=1S/C20H25N5O/c1-20(2,26)18-6-3-14(13-23-18)16-4-5-17-19(24-16)25(12-11-22-17)15-7-9-21-10-8-15/h3-6,11,13,15,21,26H,7-10,12H2,1-2H3. The lowest BCUT2D eigenvalue weighted by Gasteiger charge is -2.36. The lowest BCUT2D eigenvalue weighted by Crippen LogP contribution is -2.45. The van der Waals surface area contributed by atoms with Crippen LogP contribution in [0.3, 0.4) is 0 Å². The number of piperidine rings is 1. The van der Waals surface area contributed by atoms with Crippen molar-refractivity contribution in [3.8, 4) is 11.3 Å². The Morgan fingerprint density at radius 1 is 1.15 bits per heavy atom. The summed E-state index contributed by atoms with van der Waals surface area (Å²) in [4.78, 5) is 16.2. The lowest BCUT2D eigenvalue weighted by atomic mass is 10.0. The minimum Gasteiger partial charge on any atom is -0.384 e. The van der Waals surface area contributed by atoms with E-state index in [2.05, 4.69) is 20.2 Å². The van der Waals surface area contributed by atoms with Gasteiger partial charge in [0, 0.05) is 24.0 Å². The molecule has 0 spiro atoms. The smallest absolute Gasteiger partial charge is 0.155 e. The minimum absolute atomic E-state index is 0.500. The summed E-state index contributed by atoms with van der Waals surface area (Å²) in [7, 11) is 0. The molecule has 4 heterocycles. The molecule has 26 heavy (non-hydrogen) atoms. The summed E-state index contributed by atoms with van der Waals surface area (Å²) in [6, 6.07) is 8.35. The molecule has 2 aromatic rings. The molecule has 0 bridgehead atoms. The topological polar surface area (TPSA) is 73.6 Å². The molecular weight excluding hydrogens is 326 g/mol. The Balaban J connectivity index is 1.66. The van der Waals surface area contributed by atoms with Crippen LogP contribution in [0.5, 0.6) is 0 Å². The second-order valence-electron chi connectivity index (χ2n) is 7.48. The third-order valence-electron chi connectivity index (χ3n) is 5.07. The Bertz CT molecular complexity index is 804. The average molecular weight is 351 g/mol. The zero-order chi connectivity index (χ0) is 18.1. The number of anilines is 1. The highest BCUT2D eigenvalue weighted by Gasteiger charge is 2.26. The first kappa shape index (κ1) is 17.1. The summed E-state index contributed by atoms with van der Waals surface area (Å²) in [6.07, 6.45) is 6.01. The Morgan fingerprint density at radius 2 is 1.96 bits per heavy atom. The molecule has 1 fully saturated rings. The summed E-state index contributed by atoms with van der Waals surface area (Å²) in [5, 5.41) is 13.5. The van der Waals surface area contributed by atoms with Crippen molar-refractivity contribution in [1.29, 1.82) is 0 Å². The molecular formula is C20H25N5O. The van der Waals surface area contributed by atoms with E-state index >= 15 is 0 Å². The molecule has 136 valence electrons. The molecule has 0 aliphatic carbocycles. The van der Waals surface area contributed by atoms with Gasteiger partial charge in [0.1, 0.15) is 11.3 Å². The third-order valence-corrected chi connectivity index (χ3v) is 5.07. The van der Waals surface area contributed by atoms with E-state index in [9.17, 15) is 5.11 Å². The number of fused-ring (bicyclic) bond motifs is 1.